The molecule has 1 aliphatic rings. The second-order valence-corrected chi connectivity index (χ2v) is 9.90. The van der Waals surface area contributed by atoms with Crippen LogP contribution >= 0.6 is 0 Å². The highest BCUT2D eigenvalue weighted by molar-refractivity contribution is 5.90. The number of nitrogens with two attached hydrogens (primary N) is 1. The van der Waals surface area contributed by atoms with Gasteiger partial charge < -0.3 is 34.2 Å². The summed E-state index contributed by atoms with van der Waals surface area (Å²) in [6.45, 7) is 6.60. The molecule has 0 spiro atoms. The molecule has 42 heavy (non-hydrogen) atoms. The van der Waals surface area contributed by atoms with Gasteiger partial charge in [-0.1, -0.05) is 0 Å². The van der Waals surface area contributed by atoms with Crippen LogP contribution < -0.4 is 15.4 Å². The van der Waals surface area contributed by atoms with Crippen molar-refractivity contribution in [3.8, 4) is 17.3 Å². The fourth-order valence-electron chi connectivity index (χ4n) is 4.91. The lowest BCUT2D eigenvalue weighted by Crippen LogP contribution is -2.50. The minimum absolute atomic E-state index is 0.0133. The van der Waals surface area contributed by atoms with E-state index in [2.05, 4.69) is 25.1 Å². The van der Waals surface area contributed by atoms with Crippen molar-refractivity contribution >= 4 is 34.2 Å². The molecule has 14 heteroatoms. The van der Waals surface area contributed by atoms with Crippen LogP contribution in [0.25, 0.3) is 28.3 Å². The lowest BCUT2D eigenvalue weighted by atomic mass is 10.2. The molecule has 1 aromatic carbocycles. The van der Waals surface area contributed by atoms with Gasteiger partial charge in [0.2, 0.25) is 17.7 Å². The molecule has 14 nitrogen and oxygen atoms in total. The molecule has 220 valence electrons. The molecule has 1 atom stereocenters. The van der Waals surface area contributed by atoms with Crippen LogP contribution in [0.4, 0.5) is 11.6 Å². The molecule has 0 bridgehead atoms. The predicted octanol–water partition coefficient (Wildman–Crippen LogP) is 2.27. The summed E-state index contributed by atoms with van der Waals surface area (Å²) in [5, 5.41) is 9.62. The van der Waals surface area contributed by atoms with Gasteiger partial charge in [0.15, 0.2) is 17.1 Å². The van der Waals surface area contributed by atoms with Crippen molar-refractivity contribution in [3.05, 3.63) is 48.9 Å². The topological polar surface area (TPSA) is 151 Å². The molecule has 4 aromatic heterocycles. The summed E-state index contributed by atoms with van der Waals surface area (Å²) in [6, 6.07) is 11.0. The van der Waals surface area contributed by atoms with Crippen molar-refractivity contribution in [1.29, 1.82) is 0 Å². The number of hydrogen-bond donors (Lipinski definition) is 1. The first-order valence-electron chi connectivity index (χ1n) is 13.8. The Hall–Kier alpha value is -4.69. The average Bonchev–Trinajstić information content (AvgIpc) is 3.79. The second kappa shape index (κ2) is 12.0. The number of benzene rings is 1. The summed E-state index contributed by atoms with van der Waals surface area (Å²) in [5.74, 6) is 1.84. The van der Waals surface area contributed by atoms with Gasteiger partial charge in [-0.15, -0.1) is 5.10 Å². The van der Waals surface area contributed by atoms with Gasteiger partial charge in [0.1, 0.15) is 18.4 Å². The van der Waals surface area contributed by atoms with Crippen molar-refractivity contribution in [2.24, 2.45) is 0 Å². The lowest BCUT2D eigenvalue weighted by molar-refractivity contribution is -0.134. The number of anilines is 2. The Bertz CT molecular complexity index is 1640. The van der Waals surface area contributed by atoms with E-state index < -0.39 is 6.04 Å². The van der Waals surface area contributed by atoms with E-state index in [1.807, 2.05) is 36.1 Å². The highest BCUT2D eigenvalue weighted by Crippen LogP contribution is 2.25. The highest BCUT2D eigenvalue weighted by Gasteiger charge is 2.27. The standard InChI is InChI=1S/C28H33N9O5/c1-19(36-18-22-24(32-36)31-28(29)37-26(22)30-25(33-37)23-4-3-13-42-23)27(38)35-11-9-34(10-12-35)20-5-7-21(8-6-20)41-17-16-40-15-14-39-2/h3-8,13,18-19H,9-12,14-17H2,1-2H3,(H2,29,31,32). The van der Waals surface area contributed by atoms with E-state index >= 15 is 0 Å². The van der Waals surface area contributed by atoms with Crippen molar-refractivity contribution in [1.82, 2.24) is 34.3 Å². The van der Waals surface area contributed by atoms with Crippen molar-refractivity contribution < 1.29 is 23.4 Å². The number of carbonyl (C=O) groups is 1. The third kappa shape index (κ3) is 5.58. The number of carbonyl (C=O) groups excluding carboxylic acids is 1. The van der Waals surface area contributed by atoms with E-state index in [4.69, 9.17) is 24.4 Å². The molecule has 1 aliphatic heterocycles. The average molecular weight is 576 g/mol. The number of hydrogen-bond acceptors (Lipinski definition) is 11. The summed E-state index contributed by atoms with van der Waals surface area (Å²) in [6.07, 6.45) is 3.32. The predicted molar refractivity (Wildman–Crippen MR) is 154 cm³/mol. The van der Waals surface area contributed by atoms with Crippen LogP contribution in [0, 0.1) is 0 Å². The SMILES string of the molecule is COCCOCCOc1ccc(N2CCN(C(=O)C(C)n3cc4c(nc(N)n5nc(-c6ccco6)nc45)n3)CC2)cc1. The van der Waals surface area contributed by atoms with E-state index in [-0.39, 0.29) is 11.9 Å². The summed E-state index contributed by atoms with van der Waals surface area (Å²) in [4.78, 5) is 26.6. The molecule has 1 saturated heterocycles. The van der Waals surface area contributed by atoms with Gasteiger partial charge in [0.05, 0.1) is 31.5 Å². The molecule has 0 saturated carbocycles. The van der Waals surface area contributed by atoms with Crippen molar-refractivity contribution in [3.63, 3.8) is 0 Å². The summed E-state index contributed by atoms with van der Waals surface area (Å²) >= 11 is 0. The Morgan fingerprint density at radius 1 is 1.02 bits per heavy atom. The number of ether oxygens (including phenoxy) is 3. The van der Waals surface area contributed by atoms with Crippen LogP contribution in [-0.2, 0) is 14.3 Å². The van der Waals surface area contributed by atoms with Crippen LogP contribution in [0.2, 0.25) is 0 Å². The van der Waals surface area contributed by atoms with Crippen molar-refractivity contribution in [2.75, 3.05) is 70.3 Å². The van der Waals surface area contributed by atoms with Crippen LogP contribution in [-0.4, -0.2) is 99.9 Å². The molecule has 1 unspecified atom stereocenters. The van der Waals surface area contributed by atoms with Gasteiger partial charge in [0, 0.05) is 45.2 Å². The summed E-state index contributed by atoms with van der Waals surface area (Å²) in [5.41, 5.74) is 8.12. The maximum Gasteiger partial charge on any atom is 0.247 e. The van der Waals surface area contributed by atoms with Crippen LogP contribution in [0.1, 0.15) is 13.0 Å². The quantitative estimate of drug-likeness (QED) is 0.231. The van der Waals surface area contributed by atoms with E-state index in [1.54, 1.807) is 36.4 Å². The van der Waals surface area contributed by atoms with E-state index in [1.165, 1.54) is 4.52 Å². The minimum Gasteiger partial charge on any atom is -0.491 e. The number of methoxy groups -OCH3 is 1. The Morgan fingerprint density at radius 3 is 2.55 bits per heavy atom. The van der Waals surface area contributed by atoms with Gasteiger partial charge in [-0.2, -0.15) is 14.6 Å². The molecule has 5 heterocycles. The highest BCUT2D eigenvalue weighted by atomic mass is 16.5. The number of nitrogens with zero attached hydrogens (tertiary/aromatic N) is 8. The van der Waals surface area contributed by atoms with Gasteiger partial charge in [-0.3, -0.25) is 9.48 Å². The lowest BCUT2D eigenvalue weighted by Gasteiger charge is -2.37. The monoisotopic (exact) mass is 575 g/mol. The molecule has 1 fully saturated rings. The normalized spacial score (nSPS) is 14.6. The van der Waals surface area contributed by atoms with E-state index in [0.717, 1.165) is 24.5 Å². The fourth-order valence-corrected chi connectivity index (χ4v) is 4.91. The number of piperazine rings is 1. The molecular formula is C28H33N9O5. The third-order valence-corrected chi connectivity index (χ3v) is 7.22. The first-order chi connectivity index (χ1) is 20.5. The maximum atomic E-state index is 13.5. The van der Waals surface area contributed by atoms with Crippen LogP contribution in [0.3, 0.4) is 0 Å². The number of amides is 1. The molecule has 5 aromatic rings. The number of nitrogen functional groups attached to an aromatic ring is 1. The summed E-state index contributed by atoms with van der Waals surface area (Å²) in [7, 11) is 1.65. The number of fused-ring (bicyclic) bond motifs is 3. The zero-order valence-electron chi connectivity index (χ0n) is 23.5. The number of furan rings is 1. The number of rotatable bonds is 11. The third-order valence-electron chi connectivity index (χ3n) is 7.22. The van der Waals surface area contributed by atoms with Crippen molar-refractivity contribution in [2.45, 2.75) is 13.0 Å². The zero-order chi connectivity index (χ0) is 29.1. The van der Waals surface area contributed by atoms with Crippen LogP contribution in [0.5, 0.6) is 5.75 Å². The van der Waals surface area contributed by atoms with E-state index in [0.29, 0.717) is 67.8 Å². The van der Waals surface area contributed by atoms with Crippen LogP contribution in [0.15, 0.2) is 53.3 Å². The smallest absolute Gasteiger partial charge is 0.247 e. The van der Waals surface area contributed by atoms with Gasteiger partial charge in [0.25, 0.3) is 0 Å². The Morgan fingerprint density at radius 2 is 1.81 bits per heavy atom. The second-order valence-electron chi connectivity index (χ2n) is 9.90. The molecule has 0 radical (unpaired) electrons. The maximum absolute atomic E-state index is 13.5. The fraction of sp³-hybridized carbons (Fsp3) is 0.393. The minimum atomic E-state index is -0.533. The zero-order valence-corrected chi connectivity index (χ0v) is 23.5. The van der Waals surface area contributed by atoms with Gasteiger partial charge in [-0.25, -0.2) is 4.98 Å². The number of aromatic nitrogens is 6. The first-order valence-corrected chi connectivity index (χ1v) is 13.8. The Labute approximate surface area is 241 Å². The molecule has 6 rings (SSSR count). The Balaban J connectivity index is 1.07. The largest absolute Gasteiger partial charge is 0.491 e. The first kappa shape index (κ1) is 27.5. The van der Waals surface area contributed by atoms with Gasteiger partial charge in [-0.05, 0) is 43.3 Å². The molecule has 0 aliphatic carbocycles. The molecule has 1 amide bonds. The molecule has 2 N–H and O–H groups in total. The summed E-state index contributed by atoms with van der Waals surface area (Å²) < 4.78 is 24.6. The molecular weight excluding hydrogens is 542 g/mol. The Kier molecular flexibility index (Phi) is 7.88. The van der Waals surface area contributed by atoms with E-state index in [9.17, 15) is 4.79 Å². The van der Waals surface area contributed by atoms with Gasteiger partial charge >= 0.3 is 0 Å².